The number of rotatable bonds is 5. The first-order valence-electron chi connectivity index (χ1n) is 6.11. The third kappa shape index (κ3) is 5.81. The van der Waals surface area contributed by atoms with Gasteiger partial charge in [0.05, 0.1) is 5.75 Å². The van der Waals surface area contributed by atoms with Gasteiger partial charge in [0, 0.05) is 12.8 Å². The lowest BCUT2D eigenvalue weighted by molar-refractivity contribution is 0.481. The minimum Gasteiger partial charge on any atom is -0.293 e. The Morgan fingerprint density at radius 3 is 2.74 bits per heavy atom. The number of aryl methyl sites for hydroxylation is 1. The van der Waals surface area contributed by atoms with Crippen LogP contribution in [0.25, 0.3) is 12.2 Å². The fraction of sp³-hybridized carbons (Fsp3) is 0.357. The van der Waals surface area contributed by atoms with Crippen LogP contribution in [0, 0.1) is 6.92 Å². The highest BCUT2D eigenvalue weighted by Gasteiger charge is 2.01. The van der Waals surface area contributed by atoms with Crippen LogP contribution in [0.15, 0.2) is 23.2 Å². The average molecular weight is 281 g/mol. The lowest BCUT2D eigenvalue weighted by Crippen LogP contribution is -2.26. The van der Waals surface area contributed by atoms with Crippen LogP contribution in [-0.2, 0) is 10.1 Å². The molecule has 0 bridgehead atoms. The lowest BCUT2D eigenvalue weighted by atomic mass is 10.1. The minimum atomic E-state index is -3.87. The van der Waals surface area contributed by atoms with Crippen LogP contribution >= 0.6 is 0 Å². The Kier molecular flexibility index (Phi) is 5.92. The normalized spacial score (nSPS) is 14.5. The second-order valence-corrected chi connectivity index (χ2v) is 5.80. The zero-order valence-electron chi connectivity index (χ0n) is 11.2. The van der Waals surface area contributed by atoms with Crippen LogP contribution in [0.4, 0.5) is 0 Å². The summed E-state index contributed by atoms with van der Waals surface area (Å²) < 4.78 is 29.6. The molecule has 1 N–H and O–H groups in total. The van der Waals surface area contributed by atoms with Crippen molar-refractivity contribution in [1.29, 1.82) is 0 Å². The highest BCUT2D eigenvalue weighted by atomic mass is 32.2. The molecule has 0 unspecified atom stereocenters. The summed E-state index contributed by atoms with van der Waals surface area (Å²) in [5.74, 6) is -0.247. The van der Waals surface area contributed by atoms with Crippen molar-refractivity contribution in [2.45, 2.75) is 20.3 Å². The zero-order valence-corrected chi connectivity index (χ0v) is 12.0. The molecule has 0 radical (unpaired) electrons. The van der Waals surface area contributed by atoms with Crippen molar-refractivity contribution < 1.29 is 13.0 Å². The standard InChI is InChI=1S/C14H19NO3S/c1-3-13-7-4-6-12(2)14(13)8-10-15-9-5-11-19(16,17)18/h3-4,6-8,10H,5,9,11H2,1-2H3,(H,16,17,18)/b13-3-,14-8-,15-10+. The van der Waals surface area contributed by atoms with E-state index in [2.05, 4.69) is 4.99 Å². The van der Waals surface area contributed by atoms with Crippen LogP contribution in [-0.4, -0.2) is 31.5 Å². The Bertz CT molecular complexity index is 660. The lowest BCUT2D eigenvalue weighted by Gasteiger charge is -1.95. The van der Waals surface area contributed by atoms with Crippen molar-refractivity contribution in [2.24, 2.45) is 4.99 Å². The third-order valence-corrected chi connectivity index (χ3v) is 3.51. The quantitative estimate of drug-likeness (QED) is 0.496. The second kappa shape index (κ2) is 7.21. The van der Waals surface area contributed by atoms with E-state index in [1.807, 2.05) is 44.2 Å². The Morgan fingerprint density at radius 2 is 2.11 bits per heavy atom. The summed E-state index contributed by atoms with van der Waals surface area (Å²) in [4.78, 5) is 4.12. The number of hydrogen-bond acceptors (Lipinski definition) is 3. The molecule has 0 spiro atoms. The van der Waals surface area contributed by atoms with Gasteiger partial charge in [-0.2, -0.15) is 8.42 Å². The van der Waals surface area contributed by atoms with E-state index in [4.69, 9.17) is 4.55 Å². The van der Waals surface area contributed by atoms with Crippen LogP contribution < -0.4 is 10.4 Å². The van der Waals surface area contributed by atoms with E-state index in [9.17, 15) is 8.42 Å². The Morgan fingerprint density at radius 1 is 1.37 bits per heavy atom. The van der Waals surface area contributed by atoms with Crippen molar-refractivity contribution in [3.05, 3.63) is 34.2 Å². The summed E-state index contributed by atoms with van der Waals surface area (Å²) in [6, 6.07) is 6.07. The van der Waals surface area contributed by atoms with Crippen LogP contribution in [0.2, 0.25) is 0 Å². The summed E-state index contributed by atoms with van der Waals surface area (Å²) in [5, 5.41) is 2.26. The van der Waals surface area contributed by atoms with Gasteiger partial charge in [-0.25, -0.2) is 0 Å². The molecule has 0 aliphatic rings. The summed E-state index contributed by atoms with van der Waals surface area (Å²) in [6.07, 6.45) is 5.95. The van der Waals surface area contributed by atoms with Gasteiger partial charge >= 0.3 is 0 Å². The van der Waals surface area contributed by atoms with Gasteiger partial charge < -0.3 is 0 Å². The Labute approximate surface area is 113 Å². The number of hydrogen-bond donors (Lipinski definition) is 1. The fourth-order valence-electron chi connectivity index (χ4n) is 1.72. The van der Waals surface area contributed by atoms with E-state index in [1.165, 1.54) is 5.56 Å². The molecular weight excluding hydrogens is 262 g/mol. The maximum Gasteiger partial charge on any atom is 0.264 e. The van der Waals surface area contributed by atoms with E-state index >= 15 is 0 Å². The zero-order chi connectivity index (χ0) is 14.3. The monoisotopic (exact) mass is 281 g/mol. The molecule has 19 heavy (non-hydrogen) atoms. The summed E-state index contributed by atoms with van der Waals surface area (Å²) >= 11 is 0. The molecule has 0 aromatic heterocycles. The van der Waals surface area contributed by atoms with E-state index in [0.717, 1.165) is 10.4 Å². The van der Waals surface area contributed by atoms with Gasteiger partial charge in [-0.15, -0.1) is 0 Å². The van der Waals surface area contributed by atoms with Gasteiger partial charge in [-0.3, -0.25) is 9.55 Å². The molecule has 1 rings (SSSR count). The van der Waals surface area contributed by atoms with Crippen LogP contribution in [0.5, 0.6) is 0 Å². The van der Waals surface area contributed by atoms with E-state index in [1.54, 1.807) is 6.21 Å². The molecule has 0 atom stereocenters. The summed E-state index contributed by atoms with van der Waals surface area (Å²) in [5.41, 5.74) is 1.17. The number of aliphatic imine (C=N–C) groups is 1. The Balaban J connectivity index is 2.73. The largest absolute Gasteiger partial charge is 0.293 e. The van der Waals surface area contributed by atoms with Crippen molar-refractivity contribution in [3.8, 4) is 0 Å². The third-order valence-electron chi connectivity index (χ3n) is 2.70. The van der Waals surface area contributed by atoms with Crippen LogP contribution in [0.3, 0.4) is 0 Å². The minimum absolute atomic E-state index is 0.247. The molecule has 0 saturated heterocycles. The van der Waals surface area contributed by atoms with Gasteiger partial charge in [0.2, 0.25) is 0 Å². The van der Waals surface area contributed by atoms with Gasteiger partial charge in [-0.05, 0) is 42.3 Å². The smallest absolute Gasteiger partial charge is 0.264 e. The highest BCUT2D eigenvalue weighted by Crippen LogP contribution is 1.88. The molecule has 1 aromatic rings. The molecule has 4 nitrogen and oxygen atoms in total. The van der Waals surface area contributed by atoms with E-state index in [0.29, 0.717) is 13.0 Å². The second-order valence-electron chi connectivity index (χ2n) is 4.23. The fourth-order valence-corrected chi connectivity index (χ4v) is 2.22. The SMILES string of the molecule is C/C=c1/cccc(C)/c1=C/C=N/CCCS(=O)(=O)O. The predicted octanol–water partition coefficient (Wildman–Crippen LogP) is 0.925. The molecule has 0 aliphatic heterocycles. The molecule has 5 heteroatoms. The van der Waals surface area contributed by atoms with Gasteiger partial charge in [-0.1, -0.05) is 24.3 Å². The van der Waals surface area contributed by atoms with Gasteiger partial charge in [0.1, 0.15) is 0 Å². The molecule has 0 heterocycles. The summed E-state index contributed by atoms with van der Waals surface area (Å²) in [6.45, 7) is 4.40. The molecular formula is C14H19NO3S. The molecule has 104 valence electrons. The molecule has 0 aliphatic carbocycles. The maximum absolute atomic E-state index is 10.5. The summed E-state index contributed by atoms with van der Waals surface area (Å²) in [7, 11) is -3.87. The van der Waals surface area contributed by atoms with Gasteiger partial charge in [0.15, 0.2) is 0 Å². The van der Waals surface area contributed by atoms with Gasteiger partial charge in [0.25, 0.3) is 10.1 Å². The molecule has 1 aromatic carbocycles. The first-order chi connectivity index (χ1) is 8.94. The molecule has 0 fully saturated rings. The number of benzene rings is 1. The van der Waals surface area contributed by atoms with E-state index < -0.39 is 10.1 Å². The maximum atomic E-state index is 10.5. The van der Waals surface area contributed by atoms with Crippen LogP contribution in [0.1, 0.15) is 18.9 Å². The highest BCUT2D eigenvalue weighted by molar-refractivity contribution is 7.85. The average Bonchev–Trinajstić information content (AvgIpc) is 2.33. The number of nitrogens with zero attached hydrogens (tertiary/aromatic N) is 1. The van der Waals surface area contributed by atoms with Crippen molar-refractivity contribution in [3.63, 3.8) is 0 Å². The molecule has 0 saturated carbocycles. The van der Waals surface area contributed by atoms with Crippen molar-refractivity contribution >= 4 is 28.5 Å². The first-order valence-corrected chi connectivity index (χ1v) is 7.72. The first kappa shape index (κ1) is 15.6. The van der Waals surface area contributed by atoms with Crippen molar-refractivity contribution in [2.75, 3.05) is 12.3 Å². The topological polar surface area (TPSA) is 66.7 Å². The Hall–Kier alpha value is -1.46. The molecule has 0 amide bonds. The van der Waals surface area contributed by atoms with E-state index in [-0.39, 0.29) is 5.75 Å². The van der Waals surface area contributed by atoms with Crippen molar-refractivity contribution in [1.82, 2.24) is 0 Å². The predicted molar refractivity (Wildman–Crippen MR) is 79.4 cm³/mol.